The van der Waals surface area contributed by atoms with Gasteiger partial charge in [0.25, 0.3) is 0 Å². The fourth-order valence-electron chi connectivity index (χ4n) is 5.67. The molecule has 0 radical (unpaired) electrons. The highest BCUT2D eigenvalue weighted by atomic mass is 32.2. The Balaban J connectivity index is 2.34. The summed E-state index contributed by atoms with van der Waals surface area (Å²) in [6.45, 7) is 17.6. The molecule has 232 valence electrons. The van der Waals surface area contributed by atoms with Crippen LogP contribution in [0.15, 0.2) is 34.1 Å². The lowest BCUT2D eigenvalue weighted by Crippen LogP contribution is -2.13. The third-order valence-corrected chi connectivity index (χ3v) is 9.49. The number of benzene rings is 2. The molecule has 0 aliphatic heterocycles. The summed E-state index contributed by atoms with van der Waals surface area (Å²) in [4.78, 5) is 2.51. The van der Waals surface area contributed by atoms with Crippen LogP contribution in [0.25, 0.3) is 0 Å². The molecule has 0 heterocycles. The van der Waals surface area contributed by atoms with Crippen LogP contribution in [0, 0.1) is 0 Å². The molecule has 2 N–H and O–H groups in total. The monoisotopic (exact) mass is 582 g/mol. The van der Waals surface area contributed by atoms with Crippen molar-refractivity contribution in [1.82, 2.24) is 0 Å². The predicted molar refractivity (Wildman–Crippen MR) is 181 cm³/mol. The van der Waals surface area contributed by atoms with Gasteiger partial charge in [-0.05, 0) is 71.9 Å². The normalized spacial score (nSPS) is 12.3. The summed E-state index contributed by atoms with van der Waals surface area (Å²) in [5, 5.41) is 22.1. The Bertz CT molecular complexity index is 958. The Morgan fingerprint density at radius 2 is 0.805 bits per heavy atom. The van der Waals surface area contributed by atoms with Gasteiger partial charge in [-0.3, -0.25) is 0 Å². The van der Waals surface area contributed by atoms with Crippen molar-refractivity contribution in [2.45, 2.75) is 179 Å². The molecule has 41 heavy (non-hydrogen) atoms. The second-order valence-electron chi connectivity index (χ2n) is 14.3. The number of aryl methyl sites for hydroxylation is 2. The zero-order chi connectivity index (χ0) is 30.5. The van der Waals surface area contributed by atoms with Crippen LogP contribution in [0.1, 0.15) is 168 Å². The molecule has 0 saturated carbocycles. The lowest BCUT2D eigenvalue weighted by atomic mass is 9.85. The van der Waals surface area contributed by atoms with Crippen LogP contribution < -0.4 is 0 Å². The summed E-state index contributed by atoms with van der Waals surface area (Å²) < 4.78 is 0. The van der Waals surface area contributed by atoms with Gasteiger partial charge in [0.2, 0.25) is 0 Å². The largest absolute Gasteiger partial charge is 0.508 e. The van der Waals surface area contributed by atoms with Crippen molar-refractivity contribution in [1.29, 1.82) is 0 Å². The van der Waals surface area contributed by atoms with Crippen molar-refractivity contribution in [3.05, 3.63) is 46.5 Å². The topological polar surface area (TPSA) is 40.5 Å². The molecule has 3 heteroatoms. The van der Waals surface area contributed by atoms with E-state index in [0.717, 1.165) is 36.8 Å². The fraction of sp³-hybridized carbons (Fsp3) is 0.684. The van der Waals surface area contributed by atoms with E-state index in [9.17, 15) is 10.2 Å². The molecule has 2 aromatic carbocycles. The average molecular weight is 583 g/mol. The van der Waals surface area contributed by atoms with Crippen molar-refractivity contribution in [2.24, 2.45) is 0 Å². The second kappa shape index (κ2) is 17.5. The van der Waals surface area contributed by atoms with Crippen molar-refractivity contribution < 1.29 is 10.2 Å². The van der Waals surface area contributed by atoms with Crippen molar-refractivity contribution in [3.8, 4) is 11.5 Å². The summed E-state index contributed by atoms with van der Waals surface area (Å²) >= 11 is 1.85. The van der Waals surface area contributed by atoms with Gasteiger partial charge in [-0.25, -0.2) is 0 Å². The standard InChI is InChI=1S/C38H62O2S/c1-9-11-13-15-17-19-21-23-29-25-33(39)31(37(3,4)5)27-35(29)41-36-28-32(38(6,7)8)34(40)26-30(36)24-22-20-18-16-14-12-10-2/h25-28,39-40H,9-24H2,1-8H3. The molecule has 0 unspecified atom stereocenters. The molecule has 0 spiro atoms. The van der Waals surface area contributed by atoms with Crippen molar-refractivity contribution in [3.63, 3.8) is 0 Å². The Labute approximate surface area is 258 Å². The summed E-state index contributed by atoms with van der Waals surface area (Å²) in [5.74, 6) is 0.841. The Morgan fingerprint density at radius 1 is 0.488 bits per heavy atom. The molecule has 2 rings (SSSR count). The number of aromatic hydroxyl groups is 2. The summed E-state index contributed by atoms with van der Waals surface area (Å²) in [6.07, 6.45) is 20.0. The van der Waals surface area contributed by atoms with Crippen LogP contribution in [0.5, 0.6) is 11.5 Å². The van der Waals surface area contributed by atoms with Crippen LogP contribution in [-0.4, -0.2) is 10.2 Å². The average Bonchev–Trinajstić information content (AvgIpc) is 2.88. The third kappa shape index (κ3) is 12.3. The van der Waals surface area contributed by atoms with E-state index >= 15 is 0 Å². The summed E-state index contributed by atoms with van der Waals surface area (Å²) in [7, 11) is 0. The quantitative estimate of drug-likeness (QED) is 0.172. The molecule has 0 fully saturated rings. The van der Waals surface area contributed by atoms with Gasteiger partial charge in [-0.1, -0.05) is 144 Å². The van der Waals surface area contributed by atoms with Gasteiger partial charge < -0.3 is 10.2 Å². The van der Waals surface area contributed by atoms with Crippen LogP contribution in [0.3, 0.4) is 0 Å². The highest BCUT2D eigenvalue weighted by Crippen LogP contribution is 2.43. The minimum atomic E-state index is -0.136. The lowest BCUT2D eigenvalue weighted by molar-refractivity contribution is 0.444. The van der Waals surface area contributed by atoms with Crippen LogP contribution in [-0.2, 0) is 23.7 Å². The van der Waals surface area contributed by atoms with E-state index in [1.165, 1.54) is 98.0 Å². The SMILES string of the molecule is CCCCCCCCCc1cc(O)c(C(C)(C)C)cc1Sc1cc(C(C)(C)C)c(O)cc1CCCCCCCCC. The first kappa shape index (κ1) is 35.6. The molecular formula is C38H62O2S. The molecule has 0 atom stereocenters. The maximum Gasteiger partial charge on any atom is 0.119 e. The Kier molecular flexibility index (Phi) is 15.2. The van der Waals surface area contributed by atoms with E-state index in [-0.39, 0.29) is 10.8 Å². The van der Waals surface area contributed by atoms with Gasteiger partial charge in [-0.15, -0.1) is 0 Å². The smallest absolute Gasteiger partial charge is 0.119 e. The molecular weight excluding hydrogens is 520 g/mol. The lowest BCUT2D eigenvalue weighted by Gasteiger charge is -2.25. The Hall–Kier alpha value is -1.61. The van der Waals surface area contributed by atoms with E-state index in [2.05, 4.69) is 67.5 Å². The maximum absolute atomic E-state index is 11.0. The van der Waals surface area contributed by atoms with Crippen LogP contribution >= 0.6 is 11.8 Å². The zero-order valence-electron chi connectivity index (χ0n) is 27.9. The Morgan fingerprint density at radius 3 is 1.12 bits per heavy atom. The van der Waals surface area contributed by atoms with E-state index in [1.807, 2.05) is 23.9 Å². The van der Waals surface area contributed by atoms with Crippen molar-refractivity contribution in [2.75, 3.05) is 0 Å². The molecule has 0 saturated heterocycles. The summed E-state index contributed by atoms with van der Waals surface area (Å²) in [6, 6.07) is 8.58. The van der Waals surface area contributed by atoms with Gasteiger partial charge in [0.1, 0.15) is 11.5 Å². The summed E-state index contributed by atoms with van der Waals surface area (Å²) in [5.41, 5.74) is 4.24. The highest BCUT2D eigenvalue weighted by Gasteiger charge is 2.24. The highest BCUT2D eigenvalue weighted by molar-refractivity contribution is 7.99. The van der Waals surface area contributed by atoms with Gasteiger partial charge in [0.15, 0.2) is 0 Å². The molecule has 0 aliphatic rings. The first-order valence-corrected chi connectivity index (χ1v) is 17.6. The molecule has 0 amide bonds. The number of unbranched alkanes of at least 4 members (excludes halogenated alkanes) is 12. The minimum Gasteiger partial charge on any atom is -0.508 e. The van der Waals surface area contributed by atoms with Crippen LogP contribution in [0.2, 0.25) is 0 Å². The van der Waals surface area contributed by atoms with E-state index < -0.39 is 0 Å². The first-order chi connectivity index (χ1) is 19.4. The molecule has 0 bridgehead atoms. The van der Waals surface area contributed by atoms with E-state index in [0.29, 0.717) is 11.5 Å². The van der Waals surface area contributed by atoms with Gasteiger partial charge in [0.05, 0.1) is 0 Å². The number of rotatable bonds is 18. The molecule has 2 nitrogen and oxygen atoms in total. The number of phenols is 2. The van der Waals surface area contributed by atoms with E-state index in [4.69, 9.17) is 0 Å². The molecule has 0 aliphatic carbocycles. The molecule has 2 aromatic rings. The fourth-order valence-corrected chi connectivity index (χ4v) is 6.84. The number of hydrogen-bond acceptors (Lipinski definition) is 3. The van der Waals surface area contributed by atoms with Crippen molar-refractivity contribution >= 4 is 11.8 Å². The third-order valence-electron chi connectivity index (χ3n) is 8.29. The van der Waals surface area contributed by atoms with E-state index in [1.54, 1.807) is 0 Å². The second-order valence-corrected chi connectivity index (χ2v) is 15.4. The number of hydrogen-bond donors (Lipinski definition) is 2. The first-order valence-electron chi connectivity index (χ1n) is 16.8. The van der Waals surface area contributed by atoms with Gasteiger partial charge >= 0.3 is 0 Å². The predicted octanol–water partition coefficient (Wildman–Crippen LogP) is 12.4. The maximum atomic E-state index is 11.0. The zero-order valence-corrected chi connectivity index (χ0v) is 28.7. The van der Waals surface area contributed by atoms with Gasteiger partial charge in [-0.2, -0.15) is 0 Å². The molecule has 0 aromatic heterocycles. The number of phenolic OH excluding ortho intramolecular Hbond substituents is 2. The van der Waals surface area contributed by atoms with Crippen LogP contribution in [0.4, 0.5) is 0 Å². The van der Waals surface area contributed by atoms with Gasteiger partial charge in [0, 0.05) is 20.9 Å². The minimum absolute atomic E-state index is 0.136.